The van der Waals surface area contributed by atoms with Crippen LogP contribution in [-0.4, -0.2) is 83.9 Å². The predicted molar refractivity (Wildman–Crippen MR) is 146 cm³/mol. The molecule has 42 heavy (non-hydrogen) atoms. The summed E-state index contributed by atoms with van der Waals surface area (Å²) in [6.07, 6.45) is 5.18. The number of rotatable bonds is 16. The third kappa shape index (κ3) is 9.74. The number of phenolic OH excluding ortho intramolecular Hbond substituents is 1. The molecule has 4 atom stereocenters. The number of carboxylic acid groups (broad SMARTS) is 1. The maximum absolute atomic E-state index is 13.3. The lowest BCUT2D eigenvalue weighted by Gasteiger charge is -2.25. The number of carbonyl (C=O) groups is 5. The molecule has 0 aliphatic rings. The van der Waals surface area contributed by atoms with Crippen LogP contribution >= 0.6 is 0 Å². The number of nitrogens with two attached hydrogens (primary N) is 2. The molecule has 2 heterocycles. The van der Waals surface area contributed by atoms with Crippen molar-refractivity contribution < 1.29 is 34.2 Å². The van der Waals surface area contributed by atoms with E-state index in [0.717, 1.165) is 0 Å². The van der Waals surface area contributed by atoms with Crippen LogP contribution in [0.2, 0.25) is 0 Å². The Morgan fingerprint density at radius 1 is 0.786 bits per heavy atom. The monoisotopic (exact) mass is 583 g/mol. The SMILES string of the molecule is NC(=O)CCC(NC(=O)C(N)Cc1cnc[nH]1)C(=O)NC(Cc1cnc[nH]1)C(=O)NC(Cc1ccc(O)cc1)C(=O)O. The summed E-state index contributed by atoms with van der Waals surface area (Å²) >= 11 is 0. The second-order valence-corrected chi connectivity index (χ2v) is 9.57. The first-order chi connectivity index (χ1) is 20.0. The number of carboxylic acids is 1. The molecular weight excluding hydrogens is 550 g/mol. The molecule has 16 heteroatoms. The van der Waals surface area contributed by atoms with E-state index in [1.165, 1.54) is 49.3 Å². The van der Waals surface area contributed by atoms with E-state index < -0.39 is 53.8 Å². The second-order valence-electron chi connectivity index (χ2n) is 9.57. The van der Waals surface area contributed by atoms with Gasteiger partial charge < -0.3 is 47.6 Å². The number of hydrogen-bond acceptors (Lipinski definition) is 9. The lowest BCUT2D eigenvalue weighted by atomic mass is 10.0. The predicted octanol–water partition coefficient (Wildman–Crippen LogP) is -2.00. The van der Waals surface area contributed by atoms with Gasteiger partial charge in [0.2, 0.25) is 23.6 Å². The molecular formula is C26H33N9O7. The quantitative estimate of drug-likeness (QED) is 0.0894. The van der Waals surface area contributed by atoms with E-state index in [1.807, 2.05) is 0 Å². The van der Waals surface area contributed by atoms with E-state index in [4.69, 9.17) is 11.5 Å². The Morgan fingerprint density at radius 2 is 1.33 bits per heavy atom. The average Bonchev–Trinajstić information content (AvgIpc) is 3.65. The van der Waals surface area contributed by atoms with E-state index in [9.17, 15) is 34.2 Å². The highest BCUT2D eigenvalue weighted by Gasteiger charge is 2.31. The van der Waals surface area contributed by atoms with Crippen LogP contribution < -0.4 is 27.4 Å². The fraction of sp³-hybridized carbons (Fsp3) is 0.346. The van der Waals surface area contributed by atoms with Gasteiger partial charge in [-0.2, -0.15) is 0 Å². The Balaban J connectivity index is 1.75. The van der Waals surface area contributed by atoms with Crippen molar-refractivity contribution >= 4 is 29.6 Å². The molecule has 224 valence electrons. The third-order valence-corrected chi connectivity index (χ3v) is 6.25. The summed E-state index contributed by atoms with van der Waals surface area (Å²) in [7, 11) is 0. The summed E-state index contributed by atoms with van der Waals surface area (Å²) in [5.74, 6) is -4.36. The molecule has 0 bridgehead atoms. The third-order valence-electron chi connectivity index (χ3n) is 6.25. The number of phenols is 1. The van der Waals surface area contributed by atoms with Crippen molar-refractivity contribution in [1.82, 2.24) is 35.9 Å². The zero-order valence-electron chi connectivity index (χ0n) is 22.4. The second kappa shape index (κ2) is 14.9. The van der Waals surface area contributed by atoms with Gasteiger partial charge in [-0.15, -0.1) is 0 Å². The van der Waals surface area contributed by atoms with Gasteiger partial charge in [-0.25, -0.2) is 14.8 Å². The highest BCUT2D eigenvalue weighted by atomic mass is 16.4. The van der Waals surface area contributed by atoms with Gasteiger partial charge in [-0.05, 0) is 24.1 Å². The Morgan fingerprint density at radius 3 is 1.88 bits per heavy atom. The number of aromatic hydroxyl groups is 1. The smallest absolute Gasteiger partial charge is 0.326 e. The van der Waals surface area contributed by atoms with Gasteiger partial charge in [0.1, 0.15) is 23.9 Å². The first-order valence-electron chi connectivity index (χ1n) is 12.9. The number of primary amides is 1. The fourth-order valence-electron chi connectivity index (χ4n) is 4.00. The molecule has 0 aliphatic carbocycles. The van der Waals surface area contributed by atoms with E-state index in [-0.39, 0.29) is 37.9 Å². The minimum absolute atomic E-state index is 0.00256. The number of amides is 4. The van der Waals surface area contributed by atoms with Crippen molar-refractivity contribution in [3.05, 3.63) is 66.3 Å². The number of hydrogen-bond donors (Lipinski definition) is 9. The van der Waals surface area contributed by atoms with Crippen molar-refractivity contribution in [1.29, 1.82) is 0 Å². The van der Waals surface area contributed by atoms with Gasteiger partial charge in [0.15, 0.2) is 0 Å². The largest absolute Gasteiger partial charge is 0.508 e. The van der Waals surface area contributed by atoms with E-state index >= 15 is 0 Å². The lowest BCUT2D eigenvalue weighted by molar-refractivity contribution is -0.142. The summed E-state index contributed by atoms with van der Waals surface area (Å²) < 4.78 is 0. The molecule has 3 aromatic rings. The molecule has 0 saturated carbocycles. The standard InChI is InChI=1S/C26H33N9O7/c27-18(8-15-10-29-12-31-15)23(38)33-19(5-6-22(28)37)24(39)34-20(9-16-11-30-13-32-16)25(40)35-21(26(41)42)7-14-1-3-17(36)4-2-14/h1-4,10-13,18-21,36H,5-9,27H2,(H2,28,37)(H,29,31)(H,30,32)(H,33,38)(H,34,39)(H,35,40)(H,41,42). The number of aliphatic carboxylic acids is 1. The molecule has 11 N–H and O–H groups in total. The van der Waals surface area contributed by atoms with Gasteiger partial charge in [-0.3, -0.25) is 19.2 Å². The zero-order chi connectivity index (χ0) is 30.6. The molecule has 0 aliphatic heterocycles. The molecule has 0 radical (unpaired) electrons. The number of imidazole rings is 2. The molecule has 16 nitrogen and oxygen atoms in total. The number of aromatic nitrogens is 4. The number of benzene rings is 1. The fourth-order valence-corrected chi connectivity index (χ4v) is 4.00. The maximum atomic E-state index is 13.3. The van der Waals surface area contributed by atoms with Gasteiger partial charge in [-0.1, -0.05) is 12.1 Å². The normalized spacial score (nSPS) is 13.7. The number of carbonyl (C=O) groups excluding carboxylic acids is 4. The van der Waals surface area contributed by atoms with Crippen molar-refractivity contribution in [2.75, 3.05) is 0 Å². The number of nitrogens with one attached hydrogen (secondary N) is 5. The minimum Gasteiger partial charge on any atom is -0.508 e. The van der Waals surface area contributed by atoms with Crippen molar-refractivity contribution in [3.63, 3.8) is 0 Å². The van der Waals surface area contributed by atoms with Crippen LogP contribution in [0, 0.1) is 0 Å². The molecule has 1 aromatic carbocycles. The molecule has 0 fully saturated rings. The van der Waals surface area contributed by atoms with Crippen LogP contribution in [0.1, 0.15) is 29.8 Å². The summed E-state index contributed by atoms with van der Waals surface area (Å²) in [5.41, 5.74) is 12.8. The molecule has 0 saturated heterocycles. The summed E-state index contributed by atoms with van der Waals surface area (Å²) in [6.45, 7) is 0. The Kier molecular flexibility index (Phi) is 11.1. The maximum Gasteiger partial charge on any atom is 0.326 e. The van der Waals surface area contributed by atoms with Crippen molar-refractivity contribution in [3.8, 4) is 5.75 Å². The topological polar surface area (TPSA) is 271 Å². The minimum atomic E-state index is -1.37. The highest BCUT2D eigenvalue weighted by molar-refractivity contribution is 5.94. The van der Waals surface area contributed by atoms with Gasteiger partial charge in [0.25, 0.3) is 0 Å². The van der Waals surface area contributed by atoms with E-state index in [2.05, 4.69) is 35.9 Å². The molecule has 0 spiro atoms. The van der Waals surface area contributed by atoms with Gasteiger partial charge >= 0.3 is 5.97 Å². The van der Waals surface area contributed by atoms with Crippen LogP contribution in [0.25, 0.3) is 0 Å². The van der Waals surface area contributed by atoms with Crippen LogP contribution in [0.5, 0.6) is 5.75 Å². The van der Waals surface area contributed by atoms with Crippen LogP contribution in [0.15, 0.2) is 49.3 Å². The van der Waals surface area contributed by atoms with Gasteiger partial charge in [0.05, 0.1) is 18.7 Å². The van der Waals surface area contributed by atoms with Crippen LogP contribution in [0.4, 0.5) is 0 Å². The molecule has 3 rings (SSSR count). The van der Waals surface area contributed by atoms with Crippen molar-refractivity contribution in [2.45, 2.75) is 56.3 Å². The van der Waals surface area contributed by atoms with E-state index in [0.29, 0.717) is 17.0 Å². The number of nitrogens with zero attached hydrogens (tertiary/aromatic N) is 2. The van der Waals surface area contributed by atoms with Gasteiger partial charge in [0, 0.05) is 49.5 Å². The first-order valence-corrected chi connectivity index (χ1v) is 12.9. The number of H-pyrrole nitrogens is 2. The van der Waals surface area contributed by atoms with Crippen LogP contribution in [0.3, 0.4) is 0 Å². The molecule has 2 aromatic heterocycles. The highest BCUT2D eigenvalue weighted by Crippen LogP contribution is 2.12. The summed E-state index contributed by atoms with van der Waals surface area (Å²) in [6, 6.07) is 0.795. The summed E-state index contributed by atoms with van der Waals surface area (Å²) in [5, 5.41) is 26.7. The zero-order valence-corrected chi connectivity index (χ0v) is 22.4. The molecule has 4 unspecified atom stereocenters. The first kappa shape index (κ1) is 31.3. The average molecular weight is 584 g/mol. The number of aromatic amines is 2. The summed E-state index contributed by atoms with van der Waals surface area (Å²) in [4.78, 5) is 76.2. The lowest BCUT2D eigenvalue weighted by Crippen LogP contribution is -2.58. The van der Waals surface area contributed by atoms with E-state index in [1.54, 1.807) is 0 Å². The Bertz CT molecular complexity index is 1340. The van der Waals surface area contributed by atoms with Crippen molar-refractivity contribution in [2.24, 2.45) is 11.5 Å². The Labute approximate surface area is 239 Å². The molecule has 4 amide bonds. The Hall–Kier alpha value is -5.25. The van der Waals surface area contributed by atoms with Crippen LogP contribution in [-0.2, 0) is 43.2 Å².